The Balaban J connectivity index is 0. The van der Waals surface area contributed by atoms with Crippen LogP contribution in [0.5, 0.6) is 5.75 Å². The van der Waals surface area contributed by atoms with E-state index in [1.807, 2.05) is 19.9 Å². The van der Waals surface area contributed by atoms with E-state index in [0.717, 1.165) is 26.4 Å². The summed E-state index contributed by atoms with van der Waals surface area (Å²) in [5, 5.41) is 8.63. The third kappa shape index (κ3) is 33.4. The van der Waals surface area contributed by atoms with Crippen LogP contribution in [0.25, 0.3) is 0 Å². The zero-order valence-electron chi connectivity index (χ0n) is 13.6. The number of hydrogen-bond donors (Lipinski definition) is 2. The largest absolute Gasteiger partial charge is 0.508 e. The van der Waals surface area contributed by atoms with Gasteiger partial charge in [-0.15, -0.1) is 6.58 Å². The molecule has 2 rings (SSSR count). The van der Waals surface area contributed by atoms with Crippen LogP contribution in [-0.2, 0) is 24.1 Å². The van der Waals surface area contributed by atoms with Crippen LogP contribution >= 0.6 is 0 Å². The van der Waals surface area contributed by atoms with Crippen molar-refractivity contribution >= 4 is 10.4 Å². The fourth-order valence-electron chi connectivity index (χ4n) is 0.766. The molecule has 134 valence electrons. The van der Waals surface area contributed by atoms with Crippen molar-refractivity contribution in [2.75, 3.05) is 33.0 Å². The summed E-state index contributed by atoms with van der Waals surface area (Å²) in [6, 6.07) is 8.71. The van der Waals surface area contributed by atoms with Gasteiger partial charge in [0.25, 0.3) is 0 Å². The molecule has 0 bridgehead atoms. The molecule has 1 aromatic rings. The number of hydrogen-bond acceptors (Lipinski definition) is 6. The topological polar surface area (TPSA) is 106 Å². The van der Waals surface area contributed by atoms with Crippen LogP contribution in [0.3, 0.4) is 0 Å². The summed E-state index contributed by atoms with van der Waals surface area (Å²) >= 11 is 0. The number of phenolic OH excluding ortho intramolecular Hbond substituents is 1. The first-order valence-corrected chi connectivity index (χ1v) is 8.36. The summed E-state index contributed by atoms with van der Waals surface area (Å²) in [7, 11) is -4.26. The number of para-hydroxylation sites is 1. The summed E-state index contributed by atoms with van der Waals surface area (Å²) < 4.78 is 40.3. The van der Waals surface area contributed by atoms with E-state index in [-0.39, 0.29) is 6.61 Å². The molecular weight excluding hydrogens is 324 g/mol. The highest BCUT2D eigenvalue weighted by Gasteiger charge is 1.99. The van der Waals surface area contributed by atoms with Gasteiger partial charge in [0.15, 0.2) is 0 Å². The highest BCUT2D eigenvalue weighted by Crippen LogP contribution is 2.02. The van der Waals surface area contributed by atoms with Crippen molar-refractivity contribution in [2.45, 2.75) is 13.8 Å². The molecule has 1 heterocycles. The van der Waals surface area contributed by atoms with Gasteiger partial charge in [-0.05, 0) is 26.0 Å². The Hall–Kier alpha value is -1.45. The number of aromatic hydroxyl groups is 1. The Morgan fingerprint density at radius 1 is 1.22 bits per heavy atom. The van der Waals surface area contributed by atoms with Crippen molar-refractivity contribution in [3.63, 3.8) is 0 Å². The van der Waals surface area contributed by atoms with Crippen LogP contribution in [0.15, 0.2) is 43.0 Å². The highest BCUT2D eigenvalue weighted by molar-refractivity contribution is 7.80. The van der Waals surface area contributed by atoms with Crippen LogP contribution in [0.4, 0.5) is 0 Å². The van der Waals surface area contributed by atoms with Gasteiger partial charge in [-0.2, -0.15) is 8.42 Å². The molecule has 1 aliphatic heterocycles. The van der Waals surface area contributed by atoms with Gasteiger partial charge >= 0.3 is 10.4 Å². The average molecular weight is 350 g/mol. The first-order chi connectivity index (χ1) is 10.9. The van der Waals surface area contributed by atoms with Crippen molar-refractivity contribution in [1.29, 1.82) is 0 Å². The molecule has 0 atom stereocenters. The summed E-state index contributed by atoms with van der Waals surface area (Å²) in [5.74, 6) is 0.322. The Bertz CT molecular complexity index is 453. The van der Waals surface area contributed by atoms with Crippen LogP contribution in [0, 0.1) is 0 Å². The molecule has 0 radical (unpaired) electrons. The Labute approximate surface area is 138 Å². The lowest BCUT2D eigenvalue weighted by Gasteiger charge is -1.90. The minimum Gasteiger partial charge on any atom is -0.508 e. The lowest BCUT2D eigenvalue weighted by Crippen LogP contribution is -2.02. The van der Waals surface area contributed by atoms with Crippen molar-refractivity contribution in [3.05, 3.63) is 43.0 Å². The van der Waals surface area contributed by atoms with E-state index in [1.54, 1.807) is 24.3 Å². The predicted octanol–water partition coefficient (Wildman–Crippen LogP) is 2.44. The molecule has 1 aliphatic rings. The second-order valence-corrected chi connectivity index (χ2v) is 4.82. The van der Waals surface area contributed by atoms with Crippen molar-refractivity contribution < 1.29 is 31.7 Å². The van der Waals surface area contributed by atoms with E-state index in [0.29, 0.717) is 5.75 Å². The van der Waals surface area contributed by atoms with Gasteiger partial charge in [-0.25, -0.2) is 4.18 Å². The third-order valence-corrected chi connectivity index (χ3v) is 2.14. The van der Waals surface area contributed by atoms with Crippen LogP contribution in [-0.4, -0.2) is 51.1 Å². The maximum Gasteiger partial charge on any atom is 0.397 e. The number of rotatable bonds is 5. The van der Waals surface area contributed by atoms with E-state index in [2.05, 4.69) is 15.5 Å². The third-order valence-electron chi connectivity index (χ3n) is 1.70. The van der Waals surface area contributed by atoms with Crippen LogP contribution < -0.4 is 0 Å². The van der Waals surface area contributed by atoms with Crippen LogP contribution in [0.2, 0.25) is 0 Å². The van der Waals surface area contributed by atoms with Gasteiger partial charge in [0.2, 0.25) is 0 Å². The number of phenols is 1. The summed E-state index contributed by atoms with van der Waals surface area (Å²) in [5.41, 5.74) is 0. The maximum absolute atomic E-state index is 9.68. The predicted molar refractivity (Wildman–Crippen MR) is 88.8 cm³/mol. The fraction of sp³-hybridized carbons (Fsp3) is 0.467. The summed E-state index contributed by atoms with van der Waals surface area (Å²) in [4.78, 5) is 0. The van der Waals surface area contributed by atoms with E-state index < -0.39 is 10.4 Å². The highest BCUT2D eigenvalue weighted by atomic mass is 32.3. The lowest BCUT2D eigenvalue weighted by atomic mass is 10.3. The Morgan fingerprint density at radius 2 is 1.70 bits per heavy atom. The first-order valence-electron chi connectivity index (χ1n) is 6.99. The smallest absolute Gasteiger partial charge is 0.397 e. The molecule has 0 spiro atoms. The molecule has 0 saturated carbocycles. The van der Waals surface area contributed by atoms with Gasteiger partial charge < -0.3 is 14.6 Å². The van der Waals surface area contributed by atoms with E-state index in [4.69, 9.17) is 14.4 Å². The molecule has 0 aliphatic carbocycles. The monoisotopic (exact) mass is 350 g/mol. The molecule has 8 heteroatoms. The molecule has 1 fully saturated rings. The van der Waals surface area contributed by atoms with Crippen molar-refractivity contribution in [3.8, 4) is 5.75 Å². The second-order valence-electron chi connectivity index (χ2n) is 3.73. The fourth-order valence-corrected chi connectivity index (χ4v) is 1.03. The van der Waals surface area contributed by atoms with E-state index in [1.165, 1.54) is 6.08 Å². The second kappa shape index (κ2) is 16.9. The number of ether oxygens (including phenoxy) is 2. The van der Waals surface area contributed by atoms with E-state index in [9.17, 15) is 8.42 Å². The molecule has 7 nitrogen and oxygen atoms in total. The first kappa shape index (κ1) is 23.8. The lowest BCUT2D eigenvalue weighted by molar-refractivity contribution is 0.162. The zero-order valence-corrected chi connectivity index (χ0v) is 14.4. The van der Waals surface area contributed by atoms with Crippen LogP contribution in [0.1, 0.15) is 13.8 Å². The minimum absolute atomic E-state index is 0.196. The number of benzene rings is 1. The van der Waals surface area contributed by atoms with Gasteiger partial charge in [-0.3, -0.25) is 4.55 Å². The molecule has 2 N–H and O–H groups in total. The Kier molecular flexibility index (Phi) is 17.5. The normalized spacial score (nSPS) is 11.4. The molecule has 1 aromatic carbocycles. The quantitative estimate of drug-likeness (QED) is 0.477. The summed E-state index contributed by atoms with van der Waals surface area (Å²) in [6.45, 7) is 10.6. The average Bonchev–Trinajstić information content (AvgIpc) is 3.36. The maximum atomic E-state index is 9.68. The Morgan fingerprint density at radius 3 is 1.83 bits per heavy atom. The van der Waals surface area contributed by atoms with Gasteiger partial charge in [0.05, 0.1) is 19.8 Å². The summed E-state index contributed by atoms with van der Waals surface area (Å²) in [6.07, 6.45) is 1.22. The van der Waals surface area contributed by atoms with Gasteiger partial charge in [-0.1, -0.05) is 24.3 Å². The van der Waals surface area contributed by atoms with E-state index >= 15 is 0 Å². The molecule has 0 unspecified atom stereocenters. The number of epoxide rings is 1. The molecular formula is C15H26O7S. The molecule has 23 heavy (non-hydrogen) atoms. The standard InChI is InChI=1S/C6H6O.C4H10O.C3H6O4S.C2H4O/c7-6-4-2-1-3-5-6;1-3-5-4-2;1-2-3-7-8(4,5)6;1-2-3-1/h1-5,7H;3-4H2,1-2H3;2H,1,3H2,(H,4,5,6);1-2H2. The molecule has 1 saturated heterocycles. The minimum atomic E-state index is -4.26. The van der Waals surface area contributed by atoms with Crippen molar-refractivity contribution in [2.24, 2.45) is 0 Å². The molecule has 0 amide bonds. The SMILES string of the molecule is C1CO1.C=CCOS(=O)(=O)O.CCOCC.Oc1ccccc1. The molecule has 0 aromatic heterocycles. The van der Waals surface area contributed by atoms with Crippen molar-refractivity contribution in [1.82, 2.24) is 0 Å². The van der Waals surface area contributed by atoms with Gasteiger partial charge in [0, 0.05) is 13.2 Å². The van der Waals surface area contributed by atoms with Gasteiger partial charge in [0.1, 0.15) is 5.75 Å². The zero-order chi connectivity index (χ0) is 18.0.